The van der Waals surface area contributed by atoms with Gasteiger partial charge < -0.3 is 0 Å². The standard InChI is InChI=1S/C12H8Cl2S2/c13-9(11-3-1-7-15-11)5-6-10(14)12-4-2-8-16-12/h1-8H/b9-5-,10-6-. The third kappa shape index (κ3) is 2.98. The van der Waals surface area contributed by atoms with E-state index in [4.69, 9.17) is 23.2 Å². The molecule has 2 aromatic rings. The van der Waals surface area contributed by atoms with Crippen LogP contribution >= 0.6 is 45.9 Å². The van der Waals surface area contributed by atoms with Gasteiger partial charge in [-0.2, -0.15) is 0 Å². The monoisotopic (exact) mass is 286 g/mol. The van der Waals surface area contributed by atoms with Crippen LogP contribution in [0.5, 0.6) is 0 Å². The van der Waals surface area contributed by atoms with Crippen molar-refractivity contribution >= 4 is 55.9 Å². The van der Waals surface area contributed by atoms with Crippen molar-refractivity contribution in [1.29, 1.82) is 0 Å². The summed E-state index contributed by atoms with van der Waals surface area (Å²) in [5.41, 5.74) is 0. The summed E-state index contributed by atoms with van der Waals surface area (Å²) < 4.78 is 0. The van der Waals surface area contributed by atoms with Crippen LogP contribution in [0, 0.1) is 0 Å². The molecule has 0 N–H and O–H groups in total. The Labute approximate surface area is 112 Å². The van der Waals surface area contributed by atoms with E-state index in [2.05, 4.69) is 0 Å². The average Bonchev–Trinajstić information content (AvgIpc) is 2.95. The number of allylic oxidation sites excluding steroid dienone is 2. The molecule has 16 heavy (non-hydrogen) atoms. The van der Waals surface area contributed by atoms with E-state index in [1.54, 1.807) is 22.7 Å². The van der Waals surface area contributed by atoms with Gasteiger partial charge in [0.15, 0.2) is 0 Å². The third-order valence-corrected chi connectivity index (χ3v) is 4.58. The second-order valence-corrected chi connectivity index (χ2v) is 5.69. The van der Waals surface area contributed by atoms with Crippen molar-refractivity contribution < 1.29 is 0 Å². The molecule has 0 atom stereocenters. The van der Waals surface area contributed by atoms with Crippen molar-refractivity contribution in [2.45, 2.75) is 0 Å². The molecule has 82 valence electrons. The third-order valence-electron chi connectivity index (χ3n) is 1.89. The summed E-state index contributed by atoms with van der Waals surface area (Å²) in [6.45, 7) is 0. The second kappa shape index (κ2) is 5.69. The van der Waals surface area contributed by atoms with Crippen LogP contribution in [0.1, 0.15) is 9.75 Å². The average molecular weight is 287 g/mol. The summed E-state index contributed by atoms with van der Waals surface area (Å²) in [6, 6.07) is 7.91. The van der Waals surface area contributed by atoms with Crippen molar-refractivity contribution in [3.63, 3.8) is 0 Å². The summed E-state index contributed by atoms with van der Waals surface area (Å²) in [6.07, 6.45) is 3.66. The quantitative estimate of drug-likeness (QED) is 0.638. The molecular formula is C12H8Cl2S2. The summed E-state index contributed by atoms with van der Waals surface area (Å²) in [7, 11) is 0. The molecule has 0 fully saturated rings. The van der Waals surface area contributed by atoms with Crippen molar-refractivity contribution in [3.05, 3.63) is 56.9 Å². The Kier molecular flexibility index (Phi) is 4.24. The molecular weight excluding hydrogens is 279 g/mol. The van der Waals surface area contributed by atoms with Gasteiger partial charge in [0, 0.05) is 9.75 Å². The van der Waals surface area contributed by atoms with Gasteiger partial charge in [-0.3, -0.25) is 0 Å². The van der Waals surface area contributed by atoms with Gasteiger partial charge in [-0.15, -0.1) is 22.7 Å². The Morgan fingerprint density at radius 2 is 1.31 bits per heavy atom. The SMILES string of the molecule is Cl/C(=C\C=C(/Cl)c1cccs1)c1cccs1. The zero-order chi connectivity index (χ0) is 11.4. The number of thiophene rings is 2. The number of rotatable bonds is 3. The Hall–Kier alpha value is -0.540. The van der Waals surface area contributed by atoms with Crippen molar-refractivity contribution in [2.75, 3.05) is 0 Å². The normalized spacial score (nSPS) is 13.1. The largest absolute Gasteiger partial charge is 0.143 e. The van der Waals surface area contributed by atoms with Gasteiger partial charge in [0.1, 0.15) is 0 Å². The van der Waals surface area contributed by atoms with Gasteiger partial charge in [0.2, 0.25) is 0 Å². The van der Waals surface area contributed by atoms with Gasteiger partial charge in [0.05, 0.1) is 10.1 Å². The molecule has 0 saturated heterocycles. The minimum Gasteiger partial charge on any atom is -0.143 e. The van der Waals surface area contributed by atoms with Crippen LogP contribution in [0.15, 0.2) is 47.2 Å². The maximum Gasteiger partial charge on any atom is 0.0578 e. The Bertz CT molecular complexity index is 445. The lowest BCUT2D eigenvalue weighted by Crippen LogP contribution is -1.68. The van der Waals surface area contributed by atoms with Gasteiger partial charge in [-0.25, -0.2) is 0 Å². The molecule has 2 heterocycles. The molecule has 0 amide bonds. The summed E-state index contributed by atoms with van der Waals surface area (Å²) in [5.74, 6) is 0. The molecule has 0 aliphatic rings. The van der Waals surface area contributed by atoms with Crippen LogP contribution in [0.4, 0.5) is 0 Å². The van der Waals surface area contributed by atoms with Crippen LogP contribution in [0.25, 0.3) is 10.1 Å². The fourth-order valence-electron chi connectivity index (χ4n) is 1.14. The van der Waals surface area contributed by atoms with Gasteiger partial charge in [0.25, 0.3) is 0 Å². The lowest BCUT2D eigenvalue weighted by molar-refractivity contribution is 1.89. The van der Waals surface area contributed by atoms with E-state index >= 15 is 0 Å². The highest BCUT2D eigenvalue weighted by molar-refractivity contribution is 7.12. The summed E-state index contributed by atoms with van der Waals surface area (Å²) in [5, 5.41) is 5.42. The first-order valence-corrected chi connectivity index (χ1v) is 7.09. The molecule has 0 bridgehead atoms. The minimum absolute atomic E-state index is 0.713. The highest BCUT2D eigenvalue weighted by atomic mass is 35.5. The summed E-state index contributed by atoms with van der Waals surface area (Å²) >= 11 is 15.5. The summed E-state index contributed by atoms with van der Waals surface area (Å²) in [4.78, 5) is 2.10. The number of hydrogen-bond donors (Lipinski definition) is 0. The smallest absolute Gasteiger partial charge is 0.0578 e. The number of hydrogen-bond acceptors (Lipinski definition) is 2. The molecule has 0 spiro atoms. The first-order chi connectivity index (χ1) is 7.77. The van der Waals surface area contributed by atoms with Gasteiger partial charge >= 0.3 is 0 Å². The topological polar surface area (TPSA) is 0 Å². The molecule has 0 unspecified atom stereocenters. The Morgan fingerprint density at radius 3 is 1.62 bits per heavy atom. The fraction of sp³-hybridized carbons (Fsp3) is 0. The van der Waals surface area contributed by atoms with E-state index in [0.29, 0.717) is 10.1 Å². The minimum atomic E-state index is 0.713. The highest BCUT2D eigenvalue weighted by Gasteiger charge is 1.99. The van der Waals surface area contributed by atoms with E-state index in [0.717, 1.165) is 9.75 Å². The molecule has 0 nitrogen and oxygen atoms in total. The second-order valence-electron chi connectivity index (χ2n) is 2.98. The molecule has 0 radical (unpaired) electrons. The Morgan fingerprint density at radius 1 is 0.875 bits per heavy atom. The maximum absolute atomic E-state index is 6.12. The van der Waals surface area contributed by atoms with E-state index in [-0.39, 0.29) is 0 Å². The lowest BCUT2D eigenvalue weighted by Gasteiger charge is -1.93. The lowest BCUT2D eigenvalue weighted by atomic mass is 10.3. The predicted molar refractivity (Wildman–Crippen MR) is 76.3 cm³/mol. The van der Waals surface area contributed by atoms with E-state index in [9.17, 15) is 0 Å². The highest BCUT2D eigenvalue weighted by Crippen LogP contribution is 2.27. The zero-order valence-electron chi connectivity index (χ0n) is 8.19. The Balaban J connectivity index is 2.17. The molecule has 2 aromatic heterocycles. The fourth-order valence-corrected chi connectivity index (χ4v) is 2.94. The molecule has 4 heteroatoms. The van der Waals surface area contributed by atoms with Crippen LogP contribution in [-0.2, 0) is 0 Å². The van der Waals surface area contributed by atoms with Crippen LogP contribution in [0.3, 0.4) is 0 Å². The van der Waals surface area contributed by atoms with Gasteiger partial charge in [-0.1, -0.05) is 35.3 Å². The van der Waals surface area contributed by atoms with Crippen molar-refractivity contribution in [2.24, 2.45) is 0 Å². The predicted octanol–water partition coefficient (Wildman–Crippen LogP) is 5.67. The van der Waals surface area contributed by atoms with Crippen LogP contribution < -0.4 is 0 Å². The van der Waals surface area contributed by atoms with Crippen molar-refractivity contribution in [1.82, 2.24) is 0 Å². The van der Waals surface area contributed by atoms with E-state index < -0.39 is 0 Å². The molecule has 0 aliphatic carbocycles. The zero-order valence-corrected chi connectivity index (χ0v) is 11.3. The molecule has 2 rings (SSSR count). The number of halogens is 2. The molecule has 0 aromatic carbocycles. The van der Waals surface area contributed by atoms with E-state index in [1.165, 1.54) is 0 Å². The van der Waals surface area contributed by atoms with Crippen LogP contribution in [-0.4, -0.2) is 0 Å². The maximum atomic E-state index is 6.12. The van der Waals surface area contributed by atoms with Gasteiger partial charge in [-0.05, 0) is 35.0 Å². The van der Waals surface area contributed by atoms with Crippen molar-refractivity contribution in [3.8, 4) is 0 Å². The molecule has 0 aliphatic heterocycles. The molecule has 0 saturated carbocycles. The first kappa shape index (κ1) is 11.9. The van der Waals surface area contributed by atoms with E-state index in [1.807, 2.05) is 47.2 Å². The van der Waals surface area contributed by atoms with Crippen LogP contribution in [0.2, 0.25) is 0 Å². The first-order valence-electron chi connectivity index (χ1n) is 4.58.